The molecule has 4 saturated carbocycles. The smallest absolute Gasteiger partial charge is 0.213 e. The highest BCUT2D eigenvalue weighted by Gasteiger charge is 2.88. The molecule has 3 spiro atoms. The van der Waals surface area contributed by atoms with Crippen LogP contribution in [0.25, 0.3) is 0 Å². The lowest BCUT2D eigenvalue weighted by Gasteiger charge is -2.71. The van der Waals surface area contributed by atoms with Crippen molar-refractivity contribution >= 4 is 11.6 Å². The van der Waals surface area contributed by atoms with E-state index in [9.17, 15) is 14.7 Å². The summed E-state index contributed by atoms with van der Waals surface area (Å²) in [4.78, 5) is 28.1. The summed E-state index contributed by atoms with van der Waals surface area (Å²) in [5.41, 5.74) is -1.48. The van der Waals surface area contributed by atoms with E-state index < -0.39 is 45.9 Å². The number of hydrogen-bond donors (Lipinski definition) is 1. The van der Waals surface area contributed by atoms with Crippen molar-refractivity contribution in [3.8, 4) is 0 Å². The van der Waals surface area contributed by atoms with Gasteiger partial charge in [0, 0.05) is 17.3 Å². The summed E-state index contributed by atoms with van der Waals surface area (Å²) in [5, 5.41) is 12.1. The van der Waals surface area contributed by atoms with Crippen molar-refractivity contribution in [3.05, 3.63) is 24.3 Å². The SMILES string of the molecule is C=C1CC(C)(C)C2C(O)C34OCCC2(C1=O)C1CCC2C(=C)C(=O)C13C2OC(C)(C)O4. The molecule has 31 heavy (non-hydrogen) atoms. The number of allylic oxidation sites excluding steroid dienone is 1. The maximum Gasteiger partial charge on any atom is 0.213 e. The highest BCUT2D eigenvalue weighted by atomic mass is 16.8. The van der Waals surface area contributed by atoms with Crippen LogP contribution in [-0.4, -0.2) is 47.1 Å². The summed E-state index contributed by atoms with van der Waals surface area (Å²) >= 11 is 0. The van der Waals surface area contributed by atoms with E-state index in [2.05, 4.69) is 27.0 Å². The van der Waals surface area contributed by atoms with Gasteiger partial charge in [-0.3, -0.25) is 9.59 Å². The zero-order chi connectivity index (χ0) is 22.4. The molecule has 7 rings (SSSR count). The van der Waals surface area contributed by atoms with Gasteiger partial charge in [-0.1, -0.05) is 27.0 Å². The number of aliphatic hydroxyl groups excluding tert-OH is 1. The fourth-order valence-corrected chi connectivity index (χ4v) is 9.10. The van der Waals surface area contributed by atoms with Crippen LogP contribution < -0.4 is 0 Å². The summed E-state index contributed by atoms with van der Waals surface area (Å²) in [7, 11) is 0. The Hall–Kier alpha value is -1.34. The first-order valence-electron chi connectivity index (χ1n) is 11.5. The van der Waals surface area contributed by atoms with Gasteiger partial charge in [0.1, 0.15) is 11.5 Å². The highest BCUT2D eigenvalue weighted by molar-refractivity contribution is 6.08. The molecule has 8 unspecified atom stereocenters. The van der Waals surface area contributed by atoms with Crippen molar-refractivity contribution in [3.63, 3.8) is 0 Å². The summed E-state index contributed by atoms with van der Waals surface area (Å²) in [6.07, 6.45) is 0.716. The first kappa shape index (κ1) is 20.3. The molecule has 8 atom stereocenters. The molecule has 0 aromatic carbocycles. The van der Waals surface area contributed by atoms with Gasteiger partial charge in [-0.15, -0.1) is 0 Å². The number of ether oxygens (including phenoxy) is 3. The number of fused-ring (bicyclic) bond motifs is 2. The van der Waals surface area contributed by atoms with E-state index in [1.165, 1.54) is 0 Å². The van der Waals surface area contributed by atoms with E-state index in [0.29, 0.717) is 30.4 Å². The molecule has 7 fully saturated rings. The number of aliphatic hydroxyl groups is 1. The largest absolute Gasteiger partial charge is 0.387 e. The van der Waals surface area contributed by atoms with Gasteiger partial charge in [0.05, 0.1) is 12.7 Å². The second-order valence-corrected chi connectivity index (χ2v) is 11.8. The van der Waals surface area contributed by atoms with Gasteiger partial charge in [0.15, 0.2) is 17.4 Å². The van der Waals surface area contributed by atoms with Gasteiger partial charge >= 0.3 is 0 Å². The monoisotopic (exact) mass is 428 g/mol. The summed E-state index contributed by atoms with van der Waals surface area (Å²) in [6, 6.07) is 0. The molecule has 1 N–H and O–H groups in total. The minimum absolute atomic E-state index is 0.0123. The maximum absolute atomic E-state index is 14.1. The second-order valence-electron chi connectivity index (χ2n) is 11.8. The van der Waals surface area contributed by atoms with Crippen molar-refractivity contribution in [1.82, 2.24) is 0 Å². The minimum Gasteiger partial charge on any atom is -0.387 e. The number of carbonyl (C=O) groups is 2. The van der Waals surface area contributed by atoms with Gasteiger partial charge in [0.2, 0.25) is 5.79 Å². The van der Waals surface area contributed by atoms with Crippen LogP contribution in [0.1, 0.15) is 53.4 Å². The standard InChI is InChI=1S/C25H32O6/c1-12-11-21(3,4)16-19(28)25-24-15(23(16,17(12)26)9-10-29-25)8-7-14(13(2)18(24)27)20(24)30-22(5,6)31-25/h14-16,19-20,28H,1-2,7-11H2,3-6H3. The summed E-state index contributed by atoms with van der Waals surface area (Å²) < 4.78 is 19.5. The molecule has 0 aromatic heterocycles. The lowest BCUT2D eigenvalue weighted by Crippen LogP contribution is -2.83. The van der Waals surface area contributed by atoms with E-state index in [0.717, 1.165) is 6.42 Å². The molecule has 7 aliphatic rings. The Morgan fingerprint density at radius 3 is 2.48 bits per heavy atom. The molecule has 0 aromatic rings. The van der Waals surface area contributed by atoms with Gasteiger partial charge in [-0.2, -0.15) is 0 Å². The zero-order valence-electron chi connectivity index (χ0n) is 18.8. The third-order valence-corrected chi connectivity index (χ3v) is 9.60. The quantitative estimate of drug-likeness (QED) is 0.598. The van der Waals surface area contributed by atoms with Crippen LogP contribution in [0.5, 0.6) is 0 Å². The third-order valence-electron chi connectivity index (χ3n) is 9.60. The van der Waals surface area contributed by atoms with Crippen molar-refractivity contribution in [1.29, 1.82) is 0 Å². The lowest BCUT2D eigenvalue weighted by atomic mass is 9.36. The molecule has 3 aliphatic heterocycles. The Bertz CT molecular complexity index is 963. The van der Waals surface area contributed by atoms with Gasteiger partial charge < -0.3 is 19.3 Å². The molecule has 6 heteroatoms. The average Bonchev–Trinajstić information content (AvgIpc) is 2.81. The first-order chi connectivity index (χ1) is 14.4. The molecule has 3 saturated heterocycles. The minimum atomic E-state index is -1.56. The van der Waals surface area contributed by atoms with Crippen LogP contribution in [0, 0.1) is 34.0 Å². The maximum atomic E-state index is 14.1. The van der Waals surface area contributed by atoms with Crippen LogP contribution >= 0.6 is 0 Å². The Morgan fingerprint density at radius 2 is 1.77 bits per heavy atom. The van der Waals surface area contributed by atoms with Crippen molar-refractivity contribution < 1.29 is 28.9 Å². The average molecular weight is 429 g/mol. The summed E-state index contributed by atoms with van der Waals surface area (Å²) in [5.74, 6) is -3.66. The number of Topliss-reactive ketones (excluding diaryl/α,β-unsaturated/α-hetero) is 2. The van der Waals surface area contributed by atoms with Crippen LogP contribution in [0.15, 0.2) is 24.3 Å². The van der Waals surface area contributed by atoms with E-state index in [1.807, 2.05) is 13.8 Å². The molecule has 0 amide bonds. The van der Waals surface area contributed by atoms with Crippen LogP contribution in [0.2, 0.25) is 0 Å². The fraction of sp³-hybridized carbons (Fsp3) is 0.760. The molecule has 0 radical (unpaired) electrons. The molecule has 4 bridgehead atoms. The Labute approximate surface area is 183 Å². The second kappa shape index (κ2) is 5.41. The lowest BCUT2D eigenvalue weighted by molar-refractivity contribution is -0.485. The molecule has 4 aliphatic carbocycles. The molecular weight excluding hydrogens is 396 g/mol. The van der Waals surface area contributed by atoms with E-state index in [1.54, 1.807) is 0 Å². The Kier molecular flexibility index (Phi) is 3.54. The summed E-state index contributed by atoms with van der Waals surface area (Å²) in [6.45, 7) is 16.3. The van der Waals surface area contributed by atoms with Gasteiger partial charge in [0.25, 0.3) is 0 Å². The van der Waals surface area contributed by atoms with Crippen molar-refractivity contribution in [2.45, 2.75) is 77.2 Å². The number of carbonyl (C=O) groups excluding carboxylic acids is 2. The van der Waals surface area contributed by atoms with Crippen LogP contribution in [-0.2, 0) is 23.8 Å². The zero-order valence-corrected chi connectivity index (χ0v) is 18.8. The van der Waals surface area contributed by atoms with Crippen LogP contribution in [0.3, 0.4) is 0 Å². The van der Waals surface area contributed by atoms with Crippen molar-refractivity contribution in [2.24, 2.45) is 34.0 Å². The third kappa shape index (κ3) is 1.86. The topological polar surface area (TPSA) is 82.1 Å². The number of ketones is 2. The molecule has 6 nitrogen and oxygen atoms in total. The predicted octanol–water partition coefficient (Wildman–Crippen LogP) is 2.94. The Balaban J connectivity index is 1.73. The Morgan fingerprint density at radius 1 is 1.06 bits per heavy atom. The normalized spacial score (nSPS) is 53.8. The van der Waals surface area contributed by atoms with E-state index >= 15 is 0 Å². The van der Waals surface area contributed by atoms with Gasteiger partial charge in [-0.05, 0) is 62.0 Å². The highest BCUT2D eigenvalue weighted by Crippen LogP contribution is 2.78. The molecule has 3 heterocycles. The number of rotatable bonds is 0. The van der Waals surface area contributed by atoms with Crippen LogP contribution in [0.4, 0.5) is 0 Å². The predicted molar refractivity (Wildman–Crippen MR) is 111 cm³/mol. The molecular formula is C25H32O6. The molecule has 168 valence electrons. The van der Waals surface area contributed by atoms with Crippen molar-refractivity contribution in [2.75, 3.05) is 6.61 Å². The number of hydrogen-bond acceptors (Lipinski definition) is 6. The van der Waals surface area contributed by atoms with E-state index in [-0.39, 0.29) is 30.0 Å². The fourth-order valence-electron chi connectivity index (χ4n) is 9.10. The van der Waals surface area contributed by atoms with Gasteiger partial charge in [-0.25, -0.2) is 0 Å². The van der Waals surface area contributed by atoms with E-state index in [4.69, 9.17) is 14.2 Å². The first-order valence-corrected chi connectivity index (χ1v) is 11.5.